The molecule has 33 heavy (non-hydrogen) atoms. The van der Waals surface area contributed by atoms with Crippen LogP contribution in [0.1, 0.15) is 33.2 Å². The molecule has 5 N–H and O–H groups in total. The van der Waals surface area contributed by atoms with E-state index < -0.39 is 14.9 Å². The fourth-order valence-electron chi connectivity index (χ4n) is 2.76. The molecule has 0 heterocycles. The fourth-order valence-corrected chi connectivity index (χ4v) is 3.30. The van der Waals surface area contributed by atoms with Crippen LogP contribution in [-0.4, -0.2) is 31.2 Å². The normalized spacial score (nSPS) is 10.5. The number of rotatable bonds is 6. The third kappa shape index (κ3) is 7.74. The zero-order chi connectivity index (χ0) is 24.8. The largest absolute Gasteiger partial charge is 0.399 e. The molecule has 0 bridgehead atoms. The molecule has 3 aromatic carbocycles. The molecule has 0 atom stereocenters. The Kier molecular flexibility index (Phi) is 7.86. The minimum absolute atomic E-state index is 0.168. The van der Waals surface area contributed by atoms with Gasteiger partial charge in [-0.25, -0.2) is 8.42 Å². The number of ketones is 2. The molecule has 0 aromatic heterocycles. The maximum atomic E-state index is 12.1. The molecule has 3 aromatic rings. The summed E-state index contributed by atoms with van der Waals surface area (Å²) in [6.45, 7) is 1.39. The van der Waals surface area contributed by atoms with E-state index in [1.54, 1.807) is 30.3 Å². The summed E-state index contributed by atoms with van der Waals surface area (Å²) in [5.41, 5.74) is 12.8. The number of nitrogen functional groups attached to an aromatic ring is 2. The summed E-state index contributed by atoms with van der Waals surface area (Å²) >= 11 is 0. The van der Waals surface area contributed by atoms with Crippen molar-refractivity contribution in [2.24, 2.45) is 0 Å². The fraction of sp³-hybridized carbons (Fsp3) is 0.0909. The number of carbonyl (C=O) groups is 2. The number of nitrogens with one attached hydrogen (secondary N) is 1. The predicted molar refractivity (Wildman–Crippen MR) is 127 cm³/mol. The first-order valence-electron chi connectivity index (χ1n) is 9.39. The molecule has 0 aliphatic carbocycles. The van der Waals surface area contributed by atoms with E-state index in [0.717, 1.165) is 6.26 Å². The standard InChI is InChI=1S/C13H10N2O3.C9H12N2O3S/c14-11-6-10(7-12(8-11)15(17)18)13(16)9-4-2-1-3-5-9;1-6(12)7-3-8(10)5-9(4-7)11-15(2,13)14/h1-8H,14H2;3-5,11H,10H2,1-2H3. The van der Waals surface area contributed by atoms with Crippen molar-refractivity contribution in [2.45, 2.75) is 6.92 Å². The summed E-state index contributed by atoms with van der Waals surface area (Å²) in [5, 5.41) is 10.7. The number of non-ortho nitro benzene ring substituents is 1. The highest BCUT2D eigenvalue weighted by molar-refractivity contribution is 7.92. The lowest BCUT2D eigenvalue weighted by atomic mass is 10.0. The molecule has 0 unspecified atom stereocenters. The van der Waals surface area contributed by atoms with Crippen LogP contribution in [0.2, 0.25) is 0 Å². The zero-order valence-corrected chi connectivity index (χ0v) is 18.6. The van der Waals surface area contributed by atoms with Gasteiger partial charge in [-0.15, -0.1) is 0 Å². The number of Topliss-reactive ketones (excluding diaryl/α,β-unsaturated/α-hetero) is 1. The minimum atomic E-state index is -3.35. The summed E-state index contributed by atoms with van der Waals surface area (Å²) in [6.07, 6.45) is 1.03. The second-order valence-electron chi connectivity index (χ2n) is 7.04. The number of carbonyl (C=O) groups excluding carboxylic acids is 2. The highest BCUT2D eigenvalue weighted by Gasteiger charge is 2.14. The SMILES string of the molecule is CC(=O)c1cc(N)cc(NS(C)(=O)=O)c1.Nc1cc(C(=O)c2ccccc2)cc([N+](=O)[O-])c1. The Bertz CT molecular complexity index is 1310. The monoisotopic (exact) mass is 470 g/mol. The summed E-state index contributed by atoms with van der Waals surface area (Å²) < 4.78 is 24.2. The maximum Gasteiger partial charge on any atom is 0.272 e. The molecule has 0 saturated carbocycles. The average molecular weight is 471 g/mol. The number of anilines is 3. The van der Waals surface area contributed by atoms with Crippen molar-refractivity contribution in [2.75, 3.05) is 22.4 Å². The smallest absolute Gasteiger partial charge is 0.272 e. The van der Waals surface area contributed by atoms with Gasteiger partial charge in [0, 0.05) is 40.2 Å². The molecule has 11 heteroatoms. The van der Waals surface area contributed by atoms with Crippen molar-refractivity contribution >= 4 is 44.3 Å². The van der Waals surface area contributed by atoms with Crippen LogP contribution in [-0.2, 0) is 10.0 Å². The van der Waals surface area contributed by atoms with Gasteiger partial charge in [-0.2, -0.15) is 0 Å². The molecule has 10 nitrogen and oxygen atoms in total. The average Bonchev–Trinajstić information content (AvgIpc) is 2.72. The van der Waals surface area contributed by atoms with E-state index in [2.05, 4.69) is 4.72 Å². The third-order valence-corrected chi connectivity index (χ3v) is 4.72. The topological polar surface area (TPSA) is 175 Å². The number of nitro benzene ring substituents is 1. The molecular weight excluding hydrogens is 448 g/mol. The lowest BCUT2D eigenvalue weighted by Gasteiger charge is -2.06. The second-order valence-corrected chi connectivity index (χ2v) is 8.79. The lowest BCUT2D eigenvalue weighted by Crippen LogP contribution is -2.10. The van der Waals surface area contributed by atoms with Crippen molar-refractivity contribution in [1.82, 2.24) is 0 Å². The van der Waals surface area contributed by atoms with Gasteiger partial charge in [0.1, 0.15) is 0 Å². The second kappa shape index (κ2) is 10.4. The summed E-state index contributed by atoms with van der Waals surface area (Å²) in [7, 11) is -3.35. The van der Waals surface area contributed by atoms with E-state index in [9.17, 15) is 28.1 Å². The quantitative estimate of drug-likeness (QED) is 0.213. The molecule has 0 amide bonds. The van der Waals surface area contributed by atoms with Gasteiger partial charge in [-0.05, 0) is 31.2 Å². The number of nitrogens with two attached hydrogens (primary N) is 2. The van der Waals surface area contributed by atoms with Crippen LogP contribution in [0.15, 0.2) is 66.7 Å². The van der Waals surface area contributed by atoms with Gasteiger partial charge >= 0.3 is 0 Å². The molecule has 0 aliphatic rings. The van der Waals surface area contributed by atoms with Crippen LogP contribution in [0.3, 0.4) is 0 Å². The number of nitro groups is 1. The van der Waals surface area contributed by atoms with Gasteiger partial charge in [0.2, 0.25) is 10.0 Å². The Morgan fingerprint density at radius 2 is 1.45 bits per heavy atom. The zero-order valence-electron chi connectivity index (χ0n) is 17.8. The van der Waals surface area contributed by atoms with Crippen molar-refractivity contribution in [1.29, 1.82) is 0 Å². The Morgan fingerprint density at radius 3 is 2.00 bits per heavy atom. The maximum absolute atomic E-state index is 12.1. The summed E-state index contributed by atoms with van der Waals surface area (Å²) in [5.74, 6) is -0.454. The van der Waals surface area contributed by atoms with Gasteiger partial charge in [0.25, 0.3) is 5.69 Å². The number of hydrogen-bond donors (Lipinski definition) is 3. The van der Waals surface area contributed by atoms with Crippen molar-refractivity contribution < 1.29 is 22.9 Å². The highest BCUT2D eigenvalue weighted by Crippen LogP contribution is 2.21. The van der Waals surface area contributed by atoms with Crippen LogP contribution in [0.5, 0.6) is 0 Å². The van der Waals surface area contributed by atoms with E-state index in [4.69, 9.17) is 11.5 Å². The summed E-state index contributed by atoms with van der Waals surface area (Å²) in [6, 6.07) is 16.8. The molecular formula is C22H22N4O6S. The molecule has 0 radical (unpaired) electrons. The van der Waals surface area contributed by atoms with Crippen LogP contribution in [0.4, 0.5) is 22.7 Å². The lowest BCUT2D eigenvalue weighted by molar-refractivity contribution is -0.384. The Labute approximate surface area is 190 Å². The first-order chi connectivity index (χ1) is 15.4. The van der Waals surface area contributed by atoms with Crippen molar-refractivity contribution in [3.05, 3.63) is 93.5 Å². The number of nitrogens with zero attached hydrogens (tertiary/aromatic N) is 1. The van der Waals surface area contributed by atoms with Crippen LogP contribution >= 0.6 is 0 Å². The van der Waals surface area contributed by atoms with E-state index in [-0.39, 0.29) is 28.5 Å². The van der Waals surface area contributed by atoms with E-state index in [1.165, 1.54) is 43.3 Å². The molecule has 0 aliphatic heterocycles. The van der Waals surface area contributed by atoms with Crippen LogP contribution in [0, 0.1) is 10.1 Å². The number of hydrogen-bond acceptors (Lipinski definition) is 8. The number of sulfonamides is 1. The van der Waals surface area contributed by atoms with Crippen molar-refractivity contribution in [3.63, 3.8) is 0 Å². The highest BCUT2D eigenvalue weighted by atomic mass is 32.2. The molecule has 172 valence electrons. The van der Waals surface area contributed by atoms with Crippen LogP contribution in [0.25, 0.3) is 0 Å². The summed E-state index contributed by atoms with van der Waals surface area (Å²) in [4.78, 5) is 33.3. The molecule has 0 spiro atoms. The van der Waals surface area contributed by atoms with Gasteiger partial charge in [-0.3, -0.25) is 24.4 Å². The third-order valence-electron chi connectivity index (χ3n) is 4.11. The van der Waals surface area contributed by atoms with Crippen molar-refractivity contribution in [3.8, 4) is 0 Å². The molecule has 0 saturated heterocycles. The predicted octanol–water partition coefficient (Wildman–Crippen LogP) is 3.25. The Balaban J connectivity index is 0.000000238. The van der Waals surface area contributed by atoms with E-state index in [1.807, 2.05) is 0 Å². The van der Waals surface area contributed by atoms with Gasteiger partial charge < -0.3 is 11.5 Å². The van der Waals surface area contributed by atoms with Gasteiger partial charge in [0.05, 0.1) is 16.9 Å². The first kappa shape index (κ1) is 25.0. The first-order valence-corrected chi connectivity index (χ1v) is 11.3. The van der Waals surface area contributed by atoms with Crippen LogP contribution < -0.4 is 16.2 Å². The molecule has 0 fully saturated rings. The van der Waals surface area contributed by atoms with E-state index in [0.29, 0.717) is 22.5 Å². The van der Waals surface area contributed by atoms with Gasteiger partial charge in [0.15, 0.2) is 11.6 Å². The number of benzene rings is 3. The van der Waals surface area contributed by atoms with Gasteiger partial charge in [-0.1, -0.05) is 30.3 Å². The minimum Gasteiger partial charge on any atom is -0.399 e. The Hall–Kier alpha value is -4.25. The Morgan fingerprint density at radius 1 is 0.879 bits per heavy atom. The van der Waals surface area contributed by atoms with E-state index >= 15 is 0 Å². The molecule has 3 rings (SSSR count).